The summed E-state index contributed by atoms with van der Waals surface area (Å²) in [6.07, 6.45) is 6.61. The Kier molecular flexibility index (Phi) is 4.97. The van der Waals surface area contributed by atoms with Crippen molar-refractivity contribution in [3.05, 3.63) is 0 Å². The summed E-state index contributed by atoms with van der Waals surface area (Å²) in [6.45, 7) is 3.54. The van der Waals surface area contributed by atoms with Crippen molar-refractivity contribution in [2.24, 2.45) is 5.84 Å². The molecule has 2 saturated heterocycles. The van der Waals surface area contributed by atoms with Crippen LogP contribution in [0.2, 0.25) is 0 Å². The third kappa shape index (κ3) is 3.43. The molecular weight excluding hydrogens is 228 g/mol. The van der Waals surface area contributed by atoms with E-state index < -0.39 is 0 Å². The van der Waals surface area contributed by atoms with Gasteiger partial charge in [-0.25, -0.2) is 5.84 Å². The van der Waals surface area contributed by atoms with Crippen molar-refractivity contribution in [3.63, 3.8) is 0 Å². The fourth-order valence-electron chi connectivity index (χ4n) is 3.28. The Morgan fingerprint density at radius 3 is 2.83 bits per heavy atom. The molecule has 2 aliphatic heterocycles. The minimum Gasteiger partial charge on any atom is -0.302 e. The van der Waals surface area contributed by atoms with Crippen LogP contribution in [0.3, 0.4) is 0 Å². The van der Waals surface area contributed by atoms with Crippen LogP contribution in [0.1, 0.15) is 38.5 Å². The number of rotatable bonds is 5. The van der Waals surface area contributed by atoms with Gasteiger partial charge in [-0.05, 0) is 52.2 Å². The number of nitrogens with zero attached hydrogens (tertiary/aromatic N) is 2. The fourth-order valence-corrected chi connectivity index (χ4v) is 3.28. The molecule has 2 unspecified atom stereocenters. The molecule has 0 spiro atoms. The van der Waals surface area contributed by atoms with E-state index in [1.807, 2.05) is 0 Å². The van der Waals surface area contributed by atoms with Crippen LogP contribution >= 0.6 is 0 Å². The molecule has 2 rings (SSSR count). The normalized spacial score (nSPS) is 29.2. The zero-order valence-corrected chi connectivity index (χ0v) is 11.4. The first-order valence-electron chi connectivity index (χ1n) is 7.14. The number of hydrogen-bond donors (Lipinski definition) is 2. The summed E-state index contributed by atoms with van der Waals surface area (Å²) in [5.41, 5.74) is 2.18. The van der Waals surface area contributed by atoms with Crippen molar-refractivity contribution in [3.8, 4) is 0 Å². The van der Waals surface area contributed by atoms with Crippen molar-refractivity contribution in [2.75, 3.05) is 26.7 Å². The molecule has 0 aliphatic carbocycles. The highest BCUT2D eigenvalue weighted by atomic mass is 16.2. The Morgan fingerprint density at radius 2 is 2.06 bits per heavy atom. The molecule has 1 amide bonds. The van der Waals surface area contributed by atoms with Gasteiger partial charge in [0.15, 0.2) is 0 Å². The van der Waals surface area contributed by atoms with E-state index in [0.29, 0.717) is 6.42 Å². The minimum absolute atomic E-state index is 0.0512. The molecule has 18 heavy (non-hydrogen) atoms. The van der Waals surface area contributed by atoms with Gasteiger partial charge in [0.1, 0.15) is 0 Å². The number of likely N-dealkylation sites (N-methyl/N-ethyl adjacent to an activating group) is 1. The van der Waals surface area contributed by atoms with Gasteiger partial charge in [-0.15, -0.1) is 0 Å². The number of nitrogens with two attached hydrogens (primary N) is 1. The first-order valence-corrected chi connectivity index (χ1v) is 7.14. The number of hydrogen-bond acceptors (Lipinski definition) is 4. The van der Waals surface area contributed by atoms with Crippen LogP contribution in [-0.4, -0.2) is 54.5 Å². The topological polar surface area (TPSA) is 61.6 Å². The van der Waals surface area contributed by atoms with Gasteiger partial charge in [0.05, 0.1) is 0 Å². The first-order chi connectivity index (χ1) is 8.70. The number of carbonyl (C=O) groups excluding carboxylic acids is 1. The molecule has 5 heteroatoms. The molecule has 5 nitrogen and oxygen atoms in total. The zero-order valence-electron chi connectivity index (χ0n) is 11.4. The van der Waals surface area contributed by atoms with E-state index in [-0.39, 0.29) is 5.91 Å². The van der Waals surface area contributed by atoms with Crippen LogP contribution in [0, 0.1) is 0 Å². The molecule has 0 radical (unpaired) electrons. The van der Waals surface area contributed by atoms with Gasteiger partial charge < -0.3 is 4.90 Å². The standard InChI is InChI=1S/C13H26N4O/c1-16-11-5-6-12(16)10-17(9-7-11)8-3-2-4-13(18)15-14/h11-12H,2-10,14H2,1H3,(H,15,18). The van der Waals surface area contributed by atoms with Gasteiger partial charge in [-0.3, -0.25) is 15.1 Å². The lowest BCUT2D eigenvalue weighted by Crippen LogP contribution is -2.37. The molecule has 3 N–H and O–H groups in total. The number of carbonyl (C=O) groups is 1. The van der Waals surface area contributed by atoms with E-state index >= 15 is 0 Å². The van der Waals surface area contributed by atoms with Crippen molar-refractivity contribution in [2.45, 2.75) is 50.6 Å². The van der Waals surface area contributed by atoms with Gasteiger partial charge in [0.2, 0.25) is 5.91 Å². The van der Waals surface area contributed by atoms with Gasteiger partial charge in [-0.1, -0.05) is 0 Å². The monoisotopic (exact) mass is 254 g/mol. The van der Waals surface area contributed by atoms with E-state index in [1.54, 1.807) is 0 Å². The van der Waals surface area contributed by atoms with Crippen molar-refractivity contribution in [1.82, 2.24) is 15.2 Å². The summed E-state index contributed by atoms with van der Waals surface area (Å²) in [5, 5.41) is 0. The van der Waals surface area contributed by atoms with Gasteiger partial charge in [0.25, 0.3) is 0 Å². The van der Waals surface area contributed by atoms with E-state index in [1.165, 1.54) is 32.4 Å². The van der Waals surface area contributed by atoms with Gasteiger partial charge in [0, 0.05) is 25.0 Å². The summed E-state index contributed by atoms with van der Waals surface area (Å²) >= 11 is 0. The second kappa shape index (κ2) is 6.50. The molecule has 2 heterocycles. The van der Waals surface area contributed by atoms with Crippen LogP contribution in [0.15, 0.2) is 0 Å². The minimum atomic E-state index is -0.0512. The summed E-state index contributed by atoms with van der Waals surface area (Å²) < 4.78 is 0. The summed E-state index contributed by atoms with van der Waals surface area (Å²) in [7, 11) is 2.28. The van der Waals surface area contributed by atoms with E-state index in [4.69, 9.17) is 5.84 Å². The molecule has 0 aromatic heterocycles. The van der Waals surface area contributed by atoms with E-state index in [9.17, 15) is 4.79 Å². The Labute approximate surface area is 110 Å². The number of amides is 1. The third-order valence-corrected chi connectivity index (χ3v) is 4.52. The van der Waals surface area contributed by atoms with Crippen LogP contribution in [0.5, 0.6) is 0 Å². The van der Waals surface area contributed by atoms with E-state index in [2.05, 4.69) is 22.3 Å². The average Bonchev–Trinajstić information content (AvgIpc) is 2.61. The Hall–Kier alpha value is -0.650. The SMILES string of the molecule is CN1C2CCC1CN(CCCCC(=O)NN)CC2. The van der Waals surface area contributed by atoms with Crippen LogP contribution in [-0.2, 0) is 4.79 Å². The maximum absolute atomic E-state index is 11.0. The van der Waals surface area contributed by atoms with E-state index in [0.717, 1.165) is 31.5 Å². The second-order valence-corrected chi connectivity index (χ2v) is 5.66. The average molecular weight is 254 g/mol. The molecule has 2 fully saturated rings. The lowest BCUT2D eigenvalue weighted by Gasteiger charge is -2.25. The highest BCUT2D eigenvalue weighted by Gasteiger charge is 2.34. The lowest BCUT2D eigenvalue weighted by molar-refractivity contribution is -0.121. The Balaban J connectivity index is 1.66. The summed E-state index contributed by atoms with van der Waals surface area (Å²) in [5.74, 6) is 5.01. The highest BCUT2D eigenvalue weighted by molar-refractivity contribution is 5.75. The molecule has 2 aliphatic rings. The summed E-state index contributed by atoms with van der Waals surface area (Å²) in [4.78, 5) is 16.2. The molecule has 0 saturated carbocycles. The number of hydrazine groups is 1. The fraction of sp³-hybridized carbons (Fsp3) is 0.923. The second-order valence-electron chi connectivity index (χ2n) is 5.66. The maximum Gasteiger partial charge on any atom is 0.233 e. The number of unbranched alkanes of at least 4 members (excludes halogenated alkanes) is 1. The van der Waals surface area contributed by atoms with Crippen LogP contribution < -0.4 is 11.3 Å². The van der Waals surface area contributed by atoms with Crippen LogP contribution in [0.25, 0.3) is 0 Å². The number of likely N-dealkylation sites (tertiary alicyclic amines) is 1. The summed E-state index contributed by atoms with van der Waals surface area (Å²) in [6, 6.07) is 1.56. The molecular formula is C13H26N4O. The Bertz CT molecular complexity index is 284. The molecule has 0 aromatic rings. The van der Waals surface area contributed by atoms with Crippen molar-refractivity contribution in [1.29, 1.82) is 0 Å². The highest BCUT2D eigenvalue weighted by Crippen LogP contribution is 2.28. The predicted octanol–water partition coefficient (Wildman–Crippen LogP) is 0.315. The van der Waals surface area contributed by atoms with Crippen molar-refractivity contribution < 1.29 is 4.79 Å². The molecule has 2 atom stereocenters. The maximum atomic E-state index is 11.0. The predicted molar refractivity (Wildman–Crippen MR) is 71.8 cm³/mol. The zero-order chi connectivity index (χ0) is 13.0. The number of fused-ring (bicyclic) bond motifs is 2. The van der Waals surface area contributed by atoms with Gasteiger partial charge in [-0.2, -0.15) is 0 Å². The van der Waals surface area contributed by atoms with Gasteiger partial charge >= 0.3 is 0 Å². The molecule has 104 valence electrons. The molecule has 0 aromatic carbocycles. The number of nitrogens with one attached hydrogen (secondary N) is 1. The van der Waals surface area contributed by atoms with Crippen LogP contribution in [0.4, 0.5) is 0 Å². The van der Waals surface area contributed by atoms with Crippen molar-refractivity contribution >= 4 is 5.91 Å². The lowest BCUT2D eigenvalue weighted by atomic mass is 10.1. The first kappa shape index (κ1) is 13.8. The quantitative estimate of drug-likeness (QED) is 0.321. The smallest absolute Gasteiger partial charge is 0.233 e. The Morgan fingerprint density at radius 1 is 1.28 bits per heavy atom. The largest absolute Gasteiger partial charge is 0.302 e. The molecule has 2 bridgehead atoms. The third-order valence-electron chi connectivity index (χ3n) is 4.52.